The minimum absolute atomic E-state index is 0.0783. The molecular formula is C13H25NO4S. The molecular weight excluding hydrogens is 266 g/mol. The molecule has 112 valence electrons. The lowest BCUT2D eigenvalue weighted by Gasteiger charge is -2.23. The molecule has 0 fully saturated rings. The van der Waals surface area contributed by atoms with Crippen molar-refractivity contribution in [3.63, 3.8) is 0 Å². The first-order valence-corrected chi connectivity index (χ1v) is 7.25. The predicted molar refractivity (Wildman–Crippen MR) is 77.6 cm³/mol. The number of thioether (sulfide) groups is 1. The van der Waals surface area contributed by atoms with Crippen LogP contribution in [0.1, 0.15) is 48.0 Å². The number of ether oxygens (including phenoxy) is 1. The molecule has 0 saturated carbocycles. The highest BCUT2D eigenvalue weighted by molar-refractivity contribution is 8.00. The van der Waals surface area contributed by atoms with Crippen molar-refractivity contribution in [1.82, 2.24) is 5.32 Å². The summed E-state index contributed by atoms with van der Waals surface area (Å²) in [7, 11) is 0. The van der Waals surface area contributed by atoms with E-state index in [-0.39, 0.29) is 4.75 Å². The van der Waals surface area contributed by atoms with E-state index in [0.29, 0.717) is 12.2 Å². The summed E-state index contributed by atoms with van der Waals surface area (Å²) in [6.07, 6.45) is -0.322. The fourth-order valence-corrected chi connectivity index (χ4v) is 2.16. The Bertz CT molecular complexity index is 318. The van der Waals surface area contributed by atoms with Crippen molar-refractivity contribution >= 4 is 23.8 Å². The third-order valence-corrected chi connectivity index (χ3v) is 3.24. The average molecular weight is 291 g/mol. The van der Waals surface area contributed by atoms with E-state index in [2.05, 4.69) is 26.1 Å². The number of carbonyl (C=O) groups is 2. The van der Waals surface area contributed by atoms with Crippen LogP contribution in [0.4, 0.5) is 4.79 Å². The highest BCUT2D eigenvalue weighted by Gasteiger charge is 2.24. The van der Waals surface area contributed by atoms with Crippen LogP contribution in [0.2, 0.25) is 0 Å². The summed E-state index contributed by atoms with van der Waals surface area (Å²) in [6.45, 7) is 11.4. The first kappa shape index (κ1) is 18.1. The molecule has 0 heterocycles. The van der Waals surface area contributed by atoms with Crippen LogP contribution in [0, 0.1) is 0 Å². The van der Waals surface area contributed by atoms with Gasteiger partial charge in [0, 0.05) is 4.75 Å². The molecule has 0 unspecified atom stereocenters. The molecule has 6 heteroatoms. The molecule has 0 aromatic carbocycles. The highest BCUT2D eigenvalue weighted by atomic mass is 32.2. The Labute approximate surface area is 119 Å². The van der Waals surface area contributed by atoms with Crippen LogP contribution in [0.5, 0.6) is 0 Å². The SMILES string of the molecule is CC(C)(C)OC(=O)N[C@H](CCSC(C)(C)C)C(=O)O. The zero-order valence-corrected chi connectivity index (χ0v) is 13.4. The van der Waals surface area contributed by atoms with Gasteiger partial charge in [0.15, 0.2) is 0 Å². The first-order valence-electron chi connectivity index (χ1n) is 6.27. The van der Waals surface area contributed by atoms with Crippen molar-refractivity contribution < 1.29 is 19.4 Å². The quantitative estimate of drug-likeness (QED) is 0.814. The number of hydrogen-bond donors (Lipinski definition) is 2. The zero-order chi connectivity index (χ0) is 15.3. The molecule has 0 rings (SSSR count). The minimum Gasteiger partial charge on any atom is -0.480 e. The smallest absolute Gasteiger partial charge is 0.408 e. The lowest BCUT2D eigenvalue weighted by atomic mass is 10.2. The molecule has 0 aromatic rings. The largest absolute Gasteiger partial charge is 0.480 e. The summed E-state index contributed by atoms with van der Waals surface area (Å²) in [6, 6.07) is -0.912. The van der Waals surface area contributed by atoms with Gasteiger partial charge in [-0.2, -0.15) is 11.8 Å². The molecule has 0 spiro atoms. The minimum atomic E-state index is -1.04. The number of amides is 1. The second-order valence-electron chi connectivity index (χ2n) is 6.29. The number of alkyl carbamates (subject to hydrolysis) is 1. The van der Waals surface area contributed by atoms with Gasteiger partial charge in [-0.05, 0) is 32.9 Å². The van der Waals surface area contributed by atoms with Crippen molar-refractivity contribution in [2.24, 2.45) is 0 Å². The predicted octanol–water partition coefficient (Wildman–Crippen LogP) is 2.89. The zero-order valence-electron chi connectivity index (χ0n) is 12.6. The molecule has 0 radical (unpaired) electrons. The van der Waals surface area contributed by atoms with Crippen molar-refractivity contribution in [2.75, 3.05) is 5.75 Å². The normalized spacial score (nSPS) is 13.8. The number of nitrogens with one attached hydrogen (secondary N) is 1. The molecule has 1 amide bonds. The van der Waals surface area contributed by atoms with Crippen LogP contribution in [-0.2, 0) is 9.53 Å². The lowest BCUT2D eigenvalue weighted by molar-refractivity contribution is -0.139. The van der Waals surface area contributed by atoms with Crippen molar-refractivity contribution in [2.45, 2.75) is 64.4 Å². The molecule has 19 heavy (non-hydrogen) atoms. The standard InChI is InChI=1S/C13H25NO4S/c1-12(2,3)18-11(17)14-9(10(15)16)7-8-19-13(4,5)6/h9H,7-8H2,1-6H3,(H,14,17)(H,15,16)/t9-/m1/s1. The van der Waals surface area contributed by atoms with Crippen LogP contribution in [0.3, 0.4) is 0 Å². The summed E-state index contributed by atoms with van der Waals surface area (Å²) >= 11 is 1.66. The molecule has 0 aliphatic rings. The lowest BCUT2D eigenvalue weighted by Crippen LogP contribution is -2.43. The van der Waals surface area contributed by atoms with Gasteiger partial charge >= 0.3 is 12.1 Å². The van der Waals surface area contributed by atoms with Crippen LogP contribution >= 0.6 is 11.8 Å². The van der Waals surface area contributed by atoms with Gasteiger partial charge in [0.05, 0.1) is 0 Å². The average Bonchev–Trinajstić information content (AvgIpc) is 2.10. The van der Waals surface area contributed by atoms with Gasteiger partial charge in [0.1, 0.15) is 11.6 Å². The summed E-state index contributed by atoms with van der Waals surface area (Å²) in [5.41, 5.74) is -0.632. The van der Waals surface area contributed by atoms with E-state index in [0.717, 1.165) is 0 Å². The Morgan fingerprint density at radius 2 is 1.74 bits per heavy atom. The Hall–Kier alpha value is -0.910. The maximum Gasteiger partial charge on any atom is 0.408 e. The van der Waals surface area contributed by atoms with E-state index in [1.165, 1.54) is 0 Å². The summed E-state index contributed by atoms with van der Waals surface area (Å²) < 4.78 is 5.12. The van der Waals surface area contributed by atoms with Gasteiger partial charge in [0.25, 0.3) is 0 Å². The summed E-state index contributed by atoms with van der Waals surface area (Å²) in [5.74, 6) is -0.378. The van der Waals surface area contributed by atoms with E-state index < -0.39 is 23.7 Å². The molecule has 2 N–H and O–H groups in total. The number of aliphatic carboxylic acids is 1. The van der Waals surface area contributed by atoms with Crippen molar-refractivity contribution in [1.29, 1.82) is 0 Å². The number of carboxylic acids is 1. The highest BCUT2D eigenvalue weighted by Crippen LogP contribution is 2.24. The Kier molecular flexibility index (Phi) is 6.69. The molecule has 0 aliphatic heterocycles. The van der Waals surface area contributed by atoms with E-state index in [1.807, 2.05) is 0 Å². The van der Waals surface area contributed by atoms with Gasteiger partial charge in [-0.1, -0.05) is 20.8 Å². The first-order chi connectivity index (χ1) is 8.41. The maximum atomic E-state index is 11.5. The van der Waals surface area contributed by atoms with Gasteiger partial charge in [-0.25, -0.2) is 9.59 Å². The van der Waals surface area contributed by atoms with E-state index >= 15 is 0 Å². The van der Waals surface area contributed by atoms with E-state index in [4.69, 9.17) is 9.84 Å². The van der Waals surface area contributed by atoms with Gasteiger partial charge in [-0.15, -0.1) is 0 Å². The van der Waals surface area contributed by atoms with Gasteiger partial charge in [0.2, 0.25) is 0 Å². The monoisotopic (exact) mass is 291 g/mol. The number of carbonyl (C=O) groups excluding carboxylic acids is 1. The maximum absolute atomic E-state index is 11.5. The molecule has 0 bridgehead atoms. The van der Waals surface area contributed by atoms with Crippen LogP contribution in [-0.4, -0.2) is 39.3 Å². The van der Waals surface area contributed by atoms with E-state index in [1.54, 1.807) is 32.5 Å². The number of hydrogen-bond acceptors (Lipinski definition) is 4. The topological polar surface area (TPSA) is 75.6 Å². The van der Waals surface area contributed by atoms with Gasteiger partial charge < -0.3 is 15.2 Å². The summed E-state index contributed by atoms with van der Waals surface area (Å²) in [5, 5.41) is 11.5. The summed E-state index contributed by atoms with van der Waals surface area (Å²) in [4.78, 5) is 22.6. The molecule has 0 saturated heterocycles. The molecule has 1 atom stereocenters. The Morgan fingerprint density at radius 1 is 1.21 bits per heavy atom. The van der Waals surface area contributed by atoms with Gasteiger partial charge in [-0.3, -0.25) is 0 Å². The second kappa shape index (κ2) is 7.03. The molecule has 0 aliphatic carbocycles. The third-order valence-electron chi connectivity index (χ3n) is 1.93. The van der Waals surface area contributed by atoms with Crippen LogP contribution in [0.15, 0.2) is 0 Å². The Morgan fingerprint density at radius 3 is 2.11 bits per heavy atom. The molecule has 0 aromatic heterocycles. The fraction of sp³-hybridized carbons (Fsp3) is 0.846. The number of rotatable bonds is 5. The van der Waals surface area contributed by atoms with Crippen LogP contribution < -0.4 is 5.32 Å². The number of carboxylic acid groups (broad SMARTS) is 1. The van der Waals surface area contributed by atoms with Crippen molar-refractivity contribution in [3.05, 3.63) is 0 Å². The van der Waals surface area contributed by atoms with Crippen molar-refractivity contribution in [3.8, 4) is 0 Å². The van der Waals surface area contributed by atoms with E-state index in [9.17, 15) is 9.59 Å². The third kappa shape index (κ3) is 10.7. The fourth-order valence-electron chi connectivity index (χ4n) is 1.19. The van der Waals surface area contributed by atoms with Crippen LogP contribution in [0.25, 0.3) is 0 Å². The Balaban J connectivity index is 4.28. The molecule has 5 nitrogen and oxygen atoms in total. The second-order valence-corrected chi connectivity index (χ2v) is 8.21.